The molecule has 1 fully saturated rings. The molecule has 3 heteroatoms. The maximum atomic E-state index is 10.9. The lowest BCUT2D eigenvalue weighted by Crippen LogP contribution is -2.31. The molecule has 1 aromatic carbocycles. The SMILES string of the molecule is COC(CCC[C@H]1CCC[C@]1(O)C#Cc1ccccc1)OC. The fourth-order valence-electron chi connectivity index (χ4n) is 3.17. The Bertz CT molecular complexity index is 498. The molecular formula is C19H26O3. The lowest BCUT2D eigenvalue weighted by Gasteiger charge is -2.25. The smallest absolute Gasteiger partial charge is 0.156 e. The Labute approximate surface area is 133 Å². The monoisotopic (exact) mass is 302 g/mol. The number of methoxy groups -OCH3 is 2. The Hall–Kier alpha value is -1.34. The van der Waals surface area contributed by atoms with Crippen molar-refractivity contribution in [1.29, 1.82) is 0 Å². The van der Waals surface area contributed by atoms with Gasteiger partial charge >= 0.3 is 0 Å². The summed E-state index contributed by atoms with van der Waals surface area (Å²) in [5, 5.41) is 10.9. The second kappa shape index (κ2) is 8.33. The predicted molar refractivity (Wildman–Crippen MR) is 87.3 cm³/mol. The van der Waals surface area contributed by atoms with Crippen molar-refractivity contribution in [2.24, 2.45) is 5.92 Å². The summed E-state index contributed by atoms with van der Waals surface area (Å²) in [7, 11) is 3.32. The summed E-state index contributed by atoms with van der Waals surface area (Å²) in [6, 6.07) is 9.86. The van der Waals surface area contributed by atoms with E-state index in [4.69, 9.17) is 9.47 Å². The van der Waals surface area contributed by atoms with E-state index in [1.807, 2.05) is 30.3 Å². The van der Waals surface area contributed by atoms with Gasteiger partial charge in [-0.2, -0.15) is 0 Å². The van der Waals surface area contributed by atoms with Gasteiger partial charge < -0.3 is 14.6 Å². The molecule has 1 aliphatic rings. The molecule has 2 atom stereocenters. The van der Waals surface area contributed by atoms with E-state index in [-0.39, 0.29) is 12.2 Å². The minimum atomic E-state index is -0.842. The van der Waals surface area contributed by atoms with E-state index < -0.39 is 5.60 Å². The van der Waals surface area contributed by atoms with Crippen LogP contribution in [-0.4, -0.2) is 31.2 Å². The van der Waals surface area contributed by atoms with E-state index in [2.05, 4.69) is 11.8 Å². The van der Waals surface area contributed by atoms with Gasteiger partial charge in [-0.05, 0) is 56.6 Å². The molecule has 0 heterocycles. The van der Waals surface area contributed by atoms with E-state index in [1.165, 1.54) is 0 Å². The van der Waals surface area contributed by atoms with Gasteiger partial charge in [-0.25, -0.2) is 0 Å². The van der Waals surface area contributed by atoms with Gasteiger partial charge in [0.2, 0.25) is 0 Å². The van der Waals surface area contributed by atoms with Gasteiger partial charge in [0.05, 0.1) is 0 Å². The van der Waals surface area contributed by atoms with Gasteiger partial charge in [0.15, 0.2) is 6.29 Å². The first kappa shape index (κ1) is 17.0. The van der Waals surface area contributed by atoms with Crippen molar-refractivity contribution >= 4 is 0 Å². The number of hydrogen-bond donors (Lipinski definition) is 1. The predicted octanol–water partition coefficient (Wildman–Crippen LogP) is 3.36. The summed E-state index contributed by atoms with van der Waals surface area (Å²) in [6.45, 7) is 0. The molecule has 1 saturated carbocycles. The third-order valence-electron chi connectivity index (χ3n) is 4.50. The second-order valence-corrected chi connectivity index (χ2v) is 5.96. The van der Waals surface area contributed by atoms with Gasteiger partial charge in [0.25, 0.3) is 0 Å². The molecule has 0 bridgehead atoms. The van der Waals surface area contributed by atoms with Crippen molar-refractivity contribution in [1.82, 2.24) is 0 Å². The average Bonchev–Trinajstić information content (AvgIpc) is 2.92. The fourth-order valence-corrected chi connectivity index (χ4v) is 3.17. The first-order valence-corrected chi connectivity index (χ1v) is 8.04. The lowest BCUT2D eigenvalue weighted by atomic mass is 9.87. The van der Waals surface area contributed by atoms with Crippen molar-refractivity contribution in [2.75, 3.05) is 14.2 Å². The Balaban J connectivity index is 1.93. The second-order valence-electron chi connectivity index (χ2n) is 5.96. The van der Waals surface area contributed by atoms with E-state index >= 15 is 0 Å². The van der Waals surface area contributed by atoms with E-state index in [9.17, 15) is 5.11 Å². The molecule has 2 rings (SSSR count). The highest BCUT2D eigenvalue weighted by atomic mass is 16.7. The van der Waals surface area contributed by atoms with Crippen LogP contribution in [-0.2, 0) is 9.47 Å². The number of rotatable bonds is 6. The molecule has 0 radical (unpaired) electrons. The summed E-state index contributed by atoms with van der Waals surface area (Å²) < 4.78 is 10.4. The molecule has 22 heavy (non-hydrogen) atoms. The summed E-state index contributed by atoms with van der Waals surface area (Å²) in [4.78, 5) is 0. The maximum Gasteiger partial charge on any atom is 0.156 e. The molecule has 0 aliphatic heterocycles. The minimum Gasteiger partial charge on any atom is -0.377 e. The van der Waals surface area contributed by atoms with Gasteiger partial charge in [-0.15, -0.1) is 0 Å². The highest BCUT2D eigenvalue weighted by Crippen LogP contribution is 2.38. The van der Waals surface area contributed by atoms with E-state index in [0.717, 1.165) is 44.1 Å². The standard InChI is InChI=1S/C19H26O3/c1-21-18(22-2)12-6-10-17-11-7-14-19(17,20)15-13-16-8-4-3-5-9-16/h3-5,8-9,17-18,20H,6-7,10-12,14H2,1-2H3/t17-,19-/m0/s1. The zero-order valence-corrected chi connectivity index (χ0v) is 13.5. The van der Waals surface area contributed by atoms with Crippen LogP contribution >= 0.6 is 0 Å². The van der Waals surface area contributed by atoms with Crippen molar-refractivity contribution in [3.63, 3.8) is 0 Å². The third kappa shape index (κ3) is 4.58. The van der Waals surface area contributed by atoms with Crippen LogP contribution in [0.5, 0.6) is 0 Å². The fraction of sp³-hybridized carbons (Fsp3) is 0.579. The maximum absolute atomic E-state index is 10.9. The number of benzene rings is 1. The highest BCUT2D eigenvalue weighted by molar-refractivity contribution is 5.36. The van der Waals surface area contributed by atoms with Crippen molar-refractivity contribution in [3.05, 3.63) is 35.9 Å². The largest absolute Gasteiger partial charge is 0.377 e. The van der Waals surface area contributed by atoms with Crippen molar-refractivity contribution in [2.45, 2.75) is 50.4 Å². The molecule has 120 valence electrons. The topological polar surface area (TPSA) is 38.7 Å². The lowest BCUT2D eigenvalue weighted by molar-refractivity contribution is -0.108. The first-order valence-electron chi connectivity index (χ1n) is 8.04. The minimum absolute atomic E-state index is 0.148. The molecule has 1 N–H and O–H groups in total. The number of hydrogen-bond acceptors (Lipinski definition) is 3. The average molecular weight is 302 g/mol. The van der Waals surface area contributed by atoms with Crippen molar-refractivity contribution < 1.29 is 14.6 Å². The van der Waals surface area contributed by atoms with Crippen LogP contribution < -0.4 is 0 Å². The Morgan fingerprint density at radius 1 is 1.27 bits per heavy atom. The molecule has 1 aromatic rings. The highest BCUT2D eigenvalue weighted by Gasteiger charge is 2.39. The Morgan fingerprint density at radius 3 is 2.68 bits per heavy atom. The molecule has 0 saturated heterocycles. The molecule has 0 amide bonds. The zero-order valence-electron chi connectivity index (χ0n) is 13.5. The summed E-state index contributed by atoms with van der Waals surface area (Å²) in [6.07, 6.45) is 5.51. The molecule has 0 unspecified atom stereocenters. The summed E-state index contributed by atoms with van der Waals surface area (Å²) in [5.41, 5.74) is 0.117. The van der Waals surface area contributed by atoms with Crippen LogP contribution in [0.25, 0.3) is 0 Å². The van der Waals surface area contributed by atoms with Gasteiger partial charge in [-0.1, -0.05) is 30.0 Å². The normalized spacial score (nSPS) is 24.3. The van der Waals surface area contributed by atoms with E-state index in [0.29, 0.717) is 0 Å². The van der Waals surface area contributed by atoms with E-state index in [1.54, 1.807) is 14.2 Å². The molecule has 1 aliphatic carbocycles. The Kier molecular flexibility index (Phi) is 6.45. The van der Waals surface area contributed by atoms with Crippen LogP contribution in [0.4, 0.5) is 0 Å². The van der Waals surface area contributed by atoms with Crippen LogP contribution in [0.3, 0.4) is 0 Å². The van der Waals surface area contributed by atoms with Crippen LogP contribution in [0.15, 0.2) is 30.3 Å². The molecule has 3 nitrogen and oxygen atoms in total. The first-order chi connectivity index (χ1) is 10.7. The third-order valence-corrected chi connectivity index (χ3v) is 4.50. The molecular weight excluding hydrogens is 276 g/mol. The van der Waals surface area contributed by atoms with Crippen LogP contribution in [0, 0.1) is 17.8 Å². The van der Waals surface area contributed by atoms with Crippen molar-refractivity contribution in [3.8, 4) is 11.8 Å². The van der Waals surface area contributed by atoms with Crippen LogP contribution in [0.2, 0.25) is 0 Å². The molecule has 0 aromatic heterocycles. The zero-order chi connectivity index (χ0) is 15.8. The Morgan fingerprint density at radius 2 is 2.00 bits per heavy atom. The quantitative estimate of drug-likeness (QED) is 0.647. The number of ether oxygens (including phenoxy) is 2. The van der Waals surface area contributed by atoms with Crippen LogP contribution in [0.1, 0.15) is 44.1 Å². The molecule has 0 spiro atoms. The van der Waals surface area contributed by atoms with Gasteiger partial charge in [0.1, 0.15) is 5.60 Å². The number of aliphatic hydroxyl groups is 1. The summed E-state index contributed by atoms with van der Waals surface area (Å²) in [5.74, 6) is 6.51. The summed E-state index contributed by atoms with van der Waals surface area (Å²) >= 11 is 0. The van der Waals surface area contributed by atoms with Gasteiger partial charge in [-0.3, -0.25) is 0 Å². The van der Waals surface area contributed by atoms with Gasteiger partial charge in [0, 0.05) is 19.8 Å².